The van der Waals surface area contributed by atoms with Gasteiger partial charge in [0.05, 0.1) is 0 Å². The maximum atomic E-state index is 10.9. The van der Waals surface area contributed by atoms with Crippen LogP contribution in [0.2, 0.25) is 0 Å². The number of carbonyl (C=O) groups is 1. The van der Waals surface area contributed by atoms with Gasteiger partial charge in [0.25, 0.3) is 0 Å². The molecule has 0 aromatic carbocycles. The fourth-order valence-corrected chi connectivity index (χ4v) is 1.31. The van der Waals surface area contributed by atoms with Crippen molar-refractivity contribution in [1.29, 1.82) is 0 Å². The zero-order valence-electron chi connectivity index (χ0n) is 7.71. The SMILES string of the molecule is CC(CC(=O)NN)N(C)C1CC1. The molecule has 0 aromatic heterocycles. The maximum absolute atomic E-state index is 10.9. The third-order valence-electron chi connectivity index (χ3n) is 2.46. The molecule has 0 aromatic rings. The molecule has 1 rings (SSSR count). The third kappa shape index (κ3) is 2.46. The molecule has 0 radical (unpaired) electrons. The van der Waals surface area contributed by atoms with Gasteiger partial charge >= 0.3 is 0 Å². The number of nitrogens with one attached hydrogen (secondary N) is 1. The number of amides is 1. The Morgan fingerprint density at radius 1 is 1.75 bits per heavy atom. The van der Waals surface area contributed by atoms with E-state index < -0.39 is 0 Å². The van der Waals surface area contributed by atoms with Crippen LogP contribution in [0.5, 0.6) is 0 Å². The van der Waals surface area contributed by atoms with Gasteiger partial charge in [0.1, 0.15) is 0 Å². The largest absolute Gasteiger partial charge is 0.300 e. The first-order chi connectivity index (χ1) is 5.65. The number of carbonyl (C=O) groups excluding carboxylic acids is 1. The molecule has 0 heterocycles. The Bertz CT molecular complexity index is 168. The second-order valence-electron chi connectivity index (χ2n) is 3.52. The first-order valence-corrected chi connectivity index (χ1v) is 4.36. The van der Waals surface area contributed by atoms with Gasteiger partial charge in [-0.3, -0.25) is 10.2 Å². The highest BCUT2D eigenvalue weighted by Crippen LogP contribution is 2.27. The minimum Gasteiger partial charge on any atom is -0.300 e. The monoisotopic (exact) mass is 171 g/mol. The van der Waals surface area contributed by atoms with Gasteiger partial charge in [-0.05, 0) is 26.8 Å². The van der Waals surface area contributed by atoms with Crippen molar-refractivity contribution in [2.45, 2.75) is 38.3 Å². The molecule has 1 aliphatic carbocycles. The summed E-state index contributed by atoms with van der Waals surface area (Å²) in [6.07, 6.45) is 3.03. The summed E-state index contributed by atoms with van der Waals surface area (Å²) >= 11 is 0. The second-order valence-corrected chi connectivity index (χ2v) is 3.52. The number of hydrogen-bond donors (Lipinski definition) is 2. The van der Waals surface area contributed by atoms with Crippen LogP contribution in [0.3, 0.4) is 0 Å². The van der Waals surface area contributed by atoms with E-state index in [-0.39, 0.29) is 5.91 Å². The lowest BCUT2D eigenvalue weighted by atomic mass is 10.2. The lowest BCUT2D eigenvalue weighted by Gasteiger charge is -2.23. The van der Waals surface area contributed by atoms with Gasteiger partial charge in [-0.25, -0.2) is 5.84 Å². The Hall–Kier alpha value is -0.610. The van der Waals surface area contributed by atoms with E-state index in [1.807, 2.05) is 6.92 Å². The topological polar surface area (TPSA) is 58.4 Å². The number of nitrogens with two attached hydrogens (primary N) is 1. The Morgan fingerprint density at radius 2 is 2.33 bits per heavy atom. The van der Waals surface area contributed by atoms with Crippen LogP contribution in [-0.2, 0) is 4.79 Å². The molecular formula is C8H17N3O. The molecule has 1 unspecified atom stereocenters. The zero-order valence-corrected chi connectivity index (χ0v) is 7.71. The lowest BCUT2D eigenvalue weighted by molar-refractivity contribution is -0.122. The molecule has 70 valence electrons. The average molecular weight is 171 g/mol. The summed E-state index contributed by atoms with van der Waals surface area (Å²) in [5.41, 5.74) is 2.14. The Labute approximate surface area is 73.1 Å². The highest BCUT2D eigenvalue weighted by Gasteiger charge is 2.29. The summed E-state index contributed by atoms with van der Waals surface area (Å²) in [4.78, 5) is 13.2. The number of nitrogens with zero attached hydrogens (tertiary/aromatic N) is 1. The standard InChI is InChI=1S/C8H17N3O/c1-6(5-8(12)10-9)11(2)7-3-4-7/h6-7H,3-5,9H2,1-2H3,(H,10,12). The summed E-state index contributed by atoms with van der Waals surface area (Å²) < 4.78 is 0. The Balaban J connectivity index is 2.25. The predicted octanol–water partition coefficient (Wildman–Crippen LogP) is -0.151. The van der Waals surface area contributed by atoms with Crippen molar-refractivity contribution >= 4 is 5.91 Å². The van der Waals surface area contributed by atoms with Gasteiger partial charge < -0.3 is 4.90 Å². The van der Waals surface area contributed by atoms with Gasteiger partial charge in [-0.15, -0.1) is 0 Å². The minimum absolute atomic E-state index is 0.0880. The molecule has 1 atom stereocenters. The normalized spacial score (nSPS) is 19.3. The molecule has 0 saturated heterocycles. The van der Waals surface area contributed by atoms with Gasteiger partial charge in [0.2, 0.25) is 5.91 Å². The van der Waals surface area contributed by atoms with Crippen molar-refractivity contribution in [2.75, 3.05) is 7.05 Å². The smallest absolute Gasteiger partial charge is 0.235 e. The highest BCUT2D eigenvalue weighted by molar-refractivity contribution is 5.75. The Kier molecular flexibility index (Phi) is 3.05. The summed E-state index contributed by atoms with van der Waals surface area (Å²) in [6, 6.07) is 0.992. The average Bonchev–Trinajstić information content (AvgIpc) is 2.85. The van der Waals surface area contributed by atoms with Crippen molar-refractivity contribution in [2.24, 2.45) is 5.84 Å². The van der Waals surface area contributed by atoms with E-state index in [4.69, 9.17) is 5.84 Å². The summed E-state index contributed by atoms with van der Waals surface area (Å²) in [6.45, 7) is 2.05. The van der Waals surface area contributed by atoms with Crippen molar-refractivity contribution in [3.8, 4) is 0 Å². The summed E-state index contributed by atoms with van der Waals surface area (Å²) in [5, 5.41) is 0. The summed E-state index contributed by atoms with van der Waals surface area (Å²) in [5.74, 6) is 4.91. The van der Waals surface area contributed by atoms with E-state index >= 15 is 0 Å². The molecule has 0 spiro atoms. The second kappa shape index (κ2) is 3.87. The van der Waals surface area contributed by atoms with Crippen LogP contribution in [-0.4, -0.2) is 29.9 Å². The number of hydrazine groups is 1. The molecule has 12 heavy (non-hydrogen) atoms. The minimum atomic E-state index is -0.0880. The molecule has 1 fully saturated rings. The first-order valence-electron chi connectivity index (χ1n) is 4.36. The highest BCUT2D eigenvalue weighted by atomic mass is 16.2. The first kappa shape index (κ1) is 9.48. The van der Waals surface area contributed by atoms with E-state index in [2.05, 4.69) is 17.4 Å². The van der Waals surface area contributed by atoms with Crippen molar-refractivity contribution in [3.63, 3.8) is 0 Å². The van der Waals surface area contributed by atoms with Crippen LogP contribution in [0.1, 0.15) is 26.2 Å². The molecule has 3 N–H and O–H groups in total. The molecule has 1 amide bonds. The van der Waals surface area contributed by atoms with E-state index in [9.17, 15) is 4.79 Å². The lowest BCUT2D eigenvalue weighted by Crippen LogP contribution is -2.38. The summed E-state index contributed by atoms with van der Waals surface area (Å²) in [7, 11) is 2.06. The third-order valence-corrected chi connectivity index (χ3v) is 2.46. The molecule has 1 aliphatic rings. The molecule has 0 aliphatic heterocycles. The van der Waals surface area contributed by atoms with Crippen molar-refractivity contribution in [3.05, 3.63) is 0 Å². The quantitative estimate of drug-likeness (QED) is 0.351. The van der Waals surface area contributed by atoms with Crippen molar-refractivity contribution < 1.29 is 4.79 Å². The van der Waals surface area contributed by atoms with E-state index in [0.29, 0.717) is 18.5 Å². The van der Waals surface area contributed by atoms with Crippen LogP contribution >= 0.6 is 0 Å². The van der Waals surface area contributed by atoms with E-state index in [0.717, 1.165) is 0 Å². The van der Waals surface area contributed by atoms with Gasteiger partial charge in [0.15, 0.2) is 0 Å². The Morgan fingerprint density at radius 3 is 2.75 bits per heavy atom. The molecular weight excluding hydrogens is 154 g/mol. The molecule has 1 saturated carbocycles. The molecule has 4 heteroatoms. The fraction of sp³-hybridized carbons (Fsp3) is 0.875. The van der Waals surface area contributed by atoms with E-state index in [1.165, 1.54) is 12.8 Å². The molecule has 4 nitrogen and oxygen atoms in total. The predicted molar refractivity (Wildman–Crippen MR) is 47.2 cm³/mol. The van der Waals surface area contributed by atoms with Gasteiger partial charge in [-0.1, -0.05) is 0 Å². The van der Waals surface area contributed by atoms with Crippen LogP contribution in [0.15, 0.2) is 0 Å². The van der Waals surface area contributed by atoms with Gasteiger partial charge in [-0.2, -0.15) is 0 Å². The fourth-order valence-electron chi connectivity index (χ4n) is 1.31. The number of rotatable bonds is 4. The maximum Gasteiger partial charge on any atom is 0.235 e. The van der Waals surface area contributed by atoms with E-state index in [1.54, 1.807) is 0 Å². The van der Waals surface area contributed by atoms with Crippen molar-refractivity contribution in [1.82, 2.24) is 10.3 Å². The van der Waals surface area contributed by atoms with Crippen LogP contribution in [0, 0.1) is 0 Å². The zero-order chi connectivity index (χ0) is 9.14. The van der Waals surface area contributed by atoms with Crippen LogP contribution in [0.25, 0.3) is 0 Å². The van der Waals surface area contributed by atoms with Crippen LogP contribution in [0.4, 0.5) is 0 Å². The van der Waals surface area contributed by atoms with Gasteiger partial charge in [0, 0.05) is 18.5 Å². The van der Waals surface area contributed by atoms with Crippen LogP contribution < -0.4 is 11.3 Å². The molecule has 0 bridgehead atoms. The number of hydrogen-bond acceptors (Lipinski definition) is 3.